The summed E-state index contributed by atoms with van der Waals surface area (Å²) in [5, 5.41) is 0. The first-order valence-electron chi connectivity index (χ1n) is 6.01. The first-order chi connectivity index (χ1) is 9.60. The molecule has 0 radical (unpaired) electrons. The number of aryl methyl sites for hydroxylation is 1. The molecule has 3 rings (SSSR count). The fourth-order valence-electron chi connectivity index (χ4n) is 2.17. The summed E-state index contributed by atoms with van der Waals surface area (Å²) in [4.78, 5) is 7.61. The molecule has 6 heteroatoms. The highest BCUT2D eigenvalue weighted by Crippen LogP contribution is 2.28. The topological polar surface area (TPSA) is 42.8 Å². The highest BCUT2D eigenvalue weighted by molar-refractivity contribution is 9.10. The third kappa shape index (κ3) is 2.14. The van der Waals surface area contributed by atoms with Gasteiger partial charge in [-0.1, -0.05) is 6.07 Å². The van der Waals surface area contributed by atoms with Gasteiger partial charge < -0.3 is 9.72 Å². The zero-order valence-corrected chi connectivity index (χ0v) is 13.4. The Morgan fingerprint density at radius 3 is 2.90 bits per heavy atom. The van der Waals surface area contributed by atoms with Crippen molar-refractivity contribution < 1.29 is 4.74 Å². The SMILES string of the molecule is COc1ccc(C)cc1-n1c(=S)[nH]c2cc(Br)cnc21. The van der Waals surface area contributed by atoms with Crippen molar-refractivity contribution in [1.82, 2.24) is 14.5 Å². The Labute approximate surface area is 129 Å². The third-order valence-corrected chi connectivity index (χ3v) is 3.78. The summed E-state index contributed by atoms with van der Waals surface area (Å²) in [5.74, 6) is 0.761. The zero-order chi connectivity index (χ0) is 14.3. The summed E-state index contributed by atoms with van der Waals surface area (Å²) in [6.45, 7) is 2.03. The van der Waals surface area contributed by atoms with Gasteiger partial charge in [0.2, 0.25) is 0 Å². The number of hydrogen-bond donors (Lipinski definition) is 1. The standard InChI is InChI=1S/C14H12BrN3OS/c1-8-3-4-12(19-2)11(5-8)18-13-10(17-14(18)20)6-9(15)7-16-13/h3-7H,1-2H3,(H,17,20). The quantitative estimate of drug-likeness (QED) is 0.706. The molecule has 102 valence electrons. The van der Waals surface area contributed by atoms with Gasteiger partial charge in [-0.15, -0.1) is 0 Å². The molecule has 0 bridgehead atoms. The van der Waals surface area contributed by atoms with E-state index in [4.69, 9.17) is 17.0 Å². The van der Waals surface area contributed by atoms with Crippen molar-refractivity contribution in [3.05, 3.63) is 45.3 Å². The number of nitrogens with zero attached hydrogens (tertiary/aromatic N) is 2. The molecule has 2 heterocycles. The number of nitrogens with one attached hydrogen (secondary N) is 1. The molecule has 0 unspecified atom stereocenters. The van der Waals surface area contributed by atoms with Gasteiger partial charge in [0.25, 0.3) is 0 Å². The summed E-state index contributed by atoms with van der Waals surface area (Å²) in [5.41, 5.74) is 3.68. The molecular formula is C14H12BrN3OS. The molecule has 0 aliphatic carbocycles. The first-order valence-corrected chi connectivity index (χ1v) is 7.21. The van der Waals surface area contributed by atoms with Crippen LogP contribution in [0.4, 0.5) is 0 Å². The van der Waals surface area contributed by atoms with Gasteiger partial charge >= 0.3 is 0 Å². The van der Waals surface area contributed by atoms with Crippen LogP contribution in [0.3, 0.4) is 0 Å². The van der Waals surface area contributed by atoms with Crippen LogP contribution in [-0.2, 0) is 0 Å². The number of ether oxygens (including phenoxy) is 1. The van der Waals surface area contributed by atoms with Crippen molar-refractivity contribution in [3.8, 4) is 11.4 Å². The van der Waals surface area contributed by atoms with Gasteiger partial charge in [-0.3, -0.25) is 4.57 Å². The number of aromatic amines is 1. The van der Waals surface area contributed by atoms with E-state index in [0.29, 0.717) is 4.77 Å². The number of pyridine rings is 1. The minimum Gasteiger partial charge on any atom is -0.495 e. The lowest BCUT2D eigenvalue weighted by Crippen LogP contribution is -1.99. The van der Waals surface area contributed by atoms with Gasteiger partial charge in [0.05, 0.1) is 18.3 Å². The highest BCUT2D eigenvalue weighted by Gasteiger charge is 2.12. The second-order valence-electron chi connectivity index (χ2n) is 4.47. The van der Waals surface area contributed by atoms with Crippen molar-refractivity contribution in [2.24, 2.45) is 0 Å². The minimum absolute atomic E-state index is 0.592. The molecule has 0 atom stereocenters. The number of methoxy groups -OCH3 is 1. The van der Waals surface area contributed by atoms with Gasteiger partial charge in [0, 0.05) is 10.7 Å². The van der Waals surface area contributed by atoms with Crippen molar-refractivity contribution in [3.63, 3.8) is 0 Å². The number of aromatic nitrogens is 3. The third-order valence-electron chi connectivity index (χ3n) is 3.07. The van der Waals surface area contributed by atoms with Crippen LogP contribution in [0.2, 0.25) is 0 Å². The van der Waals surface area contributed by atoms with Crippen LogP contribution in [0.25, 0.3) is 16.9 Å². The van der Waals surface area contributed by atoms with Crippen LogP contribution < -0.4 is 4.74 Å². The van der Waals surface area contributed by atoms with Crippen LogP contribution >= 0.6 is 28.1 Å². The van der Waals surface area contributed by atoms with Gasteiger partial charge in [0.1, 0.15) is 5.75 Å². The van der Waals surface area contributed by atoms with Crippen molar-refractivity contribution in [1.29, 1.82) is 0 Å². The molecule has 0 aliphatic rings. The Morgan fingerprint density at radius 1 is 1.35 bits per heavy atom. The maximum Gasteiger partial charge on any atom is 0.184 e. The second kappa shape index (κ2) is 5.03. The summed E-state index contributed by atoms with van der Waals surface area (Å²) in [7, 11) is 1.65. The van der Waals surface area contributed by atoms with E-state index >= 15 is 0 Å². The lowest BCUT2D eigenvalue weighted by Gasteiger charge is -2.10. The van der Waals surface area contributed by atoms with E-state index in [1.54, 1.807) is 13.3 Å². The highest BCUT2D eigenvalue weighted by atomic mass is 79.9. The lowest BCUT2D eigenvalue weighted by molar-refractivity contribution is 0.413. The van der Waals surface area contributed by atoms with E-state index in [1.165, 1.54) is 0 Å². The van der Waals surface area contributed by atoms with Crippen molar-refractivity contribution >= 4 is 39.3 Å². The van der Waals surface area contributed by atoms with E-state index in [-0.39, 0.29) is 0 Å². The average Bonchev–Trinajstić information content (AvgIpc) is 2.73. The van der Waals surface area contributed by atoms with E-state index in [9.17, 15) is 0 Å². The first kappa shape index (κ1) is 13.3. The maximum absolute atomic E-state index is 5.43. The number of imidazole rings is 1. The Kier molecular flexibility index (Phi) is 3.35. The van der Waals surface area contributed by atoms with E-state index in [2.05, 4.69) is 25.9 Å². The predicted molar refractivity (Wildman–Crippen MR) is 85.2 cm³/mol. The number of H-pyrrole nitrogens is 1. The largest absolute Gasteiger partial charge is 0.495 e. The average molecular weight is 350 g/mol. The summed E-state index contributed by atoms with van der Waals surface area (Å²) in [6, 6.07) is 7.93. The van der Waals surface area contributed by atoms with Gasteiger partial charge in [0.15, 0.2) is 10.4 Å². The predicted octanol–water partition coefficient (Wildman–Crippen LogP) is 4.16. The molecule has 0 amide bonds. The Hall–Kier alpha value is -1.66. The molecule has 4 nitrogen and oxygen atoms in total. The molecule has 1 N–H and O–H groups in total. The molecule has 0 saturated carbocycles. The van der Waals surface area contributed by atoms with Crippen LogP contribution in [-0.4, -0.2) is 21.6 Å². The van der Waals surface area contributed by atoms with E-state index < -0.39 is 0 Å². The van der Waals surface area contributed by atoms with Crippen molar-refractivity contribution in [2.45, 2.75) is 6.92 Å². The zero-order valence-electron chi connectivity index (χ0n) is 11.0. The number of halogens is 1. The Balaban J connectivity index is 2.37. The monoisotopic (exact) mass is 349 g/mol. The Bertz CT molecular complexity index is 853. The fourth-order valence-corrected chi connectivity index (χ4v) is 2.79. The maximum atomic E-state index is 5.43. The van der Waals surface area contributed by atoms with Gasteiger partial charge in [-0.2, -0.15) is 0 Å². The summed E-state index contributed by atoms with van der Waals surface area (Å²) >= 11 is 8.84. The Morgan fingerprint density at radius 2 is 2.15 bits per heavy atom. The smallest absolute Gasteiger partial charge is 0.184 e. The lowest BCUT2D eigenvalue weighted by atomic mass is 10.2. The van der Waals surface area contributed by atoms with Crippen LogP contribution in [0.5, 0.6) is 5.75 Å². The molecule has 2 aromatic heterocycles. The molecule has 0 fully saturated rings. The normalized spacial score (nSPS) is 10.9. The molecular weight excluding hydrogens is 338 g/mol. The summed E-state index contributed by atoms with van der Waals surface area (Å²) in [6.07, 6.45) is 1.75. The van der Waals surface area contributed by atoms with Crippen molar-refractivity contribution in [2.75, 3.05) is 7.11 Å². The summed E-state index contributed by atoms with van der Waals surface area (Å²) < 4.78 is 8.82. The van der Waals surface area contributed by atoms with Crippen LogP contribution in [0.15, 0.2) is 34.9 Å². The number of fused-ring (bicyclic) bond motifs is 1. The number of benzene rings is 1. The number of rotatable bonds is 2. The van der Waals surface area contributed by atoms with Gasteiger partial charge in [-0.05, 0) is 58.8 Å². The molecule has 0 saturated heterocycles. The fraction of sp³-hybridized carbons (Fsp3) is 0.143. The number of hydrogen-bond acceptors (Lipinski definition) is 3. The molecule has 20 heavy (non-hydrogen) atoms. The van der Waals surface area contributed by atoms with E-state index in [1.807, 2.05) is 35.8 Å². The van der Waals surface area contributed by atoms with Crippen LogP contribution in [0, 0.1) is 11.7 Å². The van der Waals surface area contributed by atoms with E-state index in [0.717, 1.165) is 32.6 Å². The molecule has 0 aliphatic heterocycles. The molecule has 3 aromatic rings. The molecule has 1 aromatic carbocycles. The minimum atomic E-state index is 0.592. The van der Waals surface area contributed by atoms with Crippen LogP contribution in [0.1, 0.15) is 5.56 Å². The molecule has 0 spiro atoms. The second-order valence-corrected chi connectivity index (χ2v) is 5.77. The van der Waals surface area contributed by atoms with Gasteiger partial charge in [-0.25, -0.2) is 4.98 Å².